The zero-order chi connectivity index (χ0) is 19.1. The second-order valence-corrected chi connectivity index (χ2v) is 7.20. The van der Waals surface area contributed by atoms with E-state index >= 15 is 0 Å². The predicted molar refractivity (Wildman–Crippen MR) is 101 cm³/mol. The van der Waals surface area contributed by atoms with Gasteiger partial charge < -0.3 is 14.2 Å². The fraction of sp³-hybridized carbons (Fsp3) is 0.450. The van der Waals surface area contributed by atoms with E-state index < -0.39 is 0 Å². The van der Waals surface area contributed by atoms with Gasteiger partial charge in [-0.2, -0.15) is 0 Å². The van der Waals surface area contributed by atoms with Gasteiger partial charge >= 0.3 is 5.97 Å². The van der Waals surface area contributed by atoms with Crippen LogP contribution in [0.15, 0.2) is 24.3 Å². The Labute approximate surface area is 157 Å². The largest absolute Gasteiger partial charge is 0.462 e. The number of benzene rings is 1. The molecule has 0 unspecified atom stereocenters. The lowest BCUT2D eigenvalue weighted by Gasteiger charge is -2.10. The summed E-state index contributed by atoms with van der Waals surface area (Å²) in [4.78, 5) is 14.6. The van der Waals surface area contributed by atoms with Crippen LogP contribution in [0.2, 0.25) is 0 Å². The molecule has 0 saturated heterocycles. The third-order valence-corrected chi connectivity index (χ3v) is 5.27. The van der Waals surface area contributed by atoms with Crippen LogP contribution in [0.1, 0.15) is 46.8 Å². The fourth-order valence-electron chi connectivity index (χ4n) is 2.64. The van der Waals surface area contributed by atoms with Gasteiger partial charge in [-0.05, 0) is 30.5 Å². The number of ether oxygens (including phenoxy) is 3. The molecule has 6 heteroatoms. The second kappa shape index (κ2) is 9.80. The van der Waals surface area contributed by atoms with Crippen LogP contribution in [0.25, 0.3) is 11.1 Å². The Bertz CT molecular complexity index is 722. The highest BCUT2D eigenvalue weighted by molar-refractivity contribution is 7.13. The molecule has 0 spiro atoms. The number of hydrogen-bond donors (Lipinski definition) is 0. The molecule has 0 saturated carbocycles. The molecule has 0 aliphatic heterocycles. The summed E-state index contributed by atoms with van der Waals surface area (Å²) in [6.45, 7) is 7.49. The molecule has 26 heavy (non-hydrogen) atoms. The van der Waals surface area contributed by atoms with Crippen molar-refractivity contribution < 1.29 is 23.4 Å². The molecule has 0 fully saturated rings. The lowest BCUT2D eigenvalue weighted by atomic mass is 9.97. The molecule has 0 amide bonds. The van der Waals surface area contributed by atoms with E-state index in [-0.39, 0.29) is 17.7 Å². The van der Waals surface area contributed by atoms with Gasteiger partial charge in [0, 0.05) is 22.4 Å². The third-order valence-electron chi connectivity index (χ3n) is 3.81. The van der Waals surface area contributed by atoms with Gasteiger partial charge in [-0.1, -0.05) is 26.0 Å². The number of carbonyl (C=O) groups is 1. The van der Waals surface area contributed by atoms with Crippen LogP contribution in [0.5, 0.6) is 0 Å². The average Bonchev–Trinajstić information content (AvgIpc) is 2.99. The molecule has 2 rings (SSSR count). The molecule has 1 heterocycles. The third kappa shape index (κ3) is 4.90. The standard InChI is InChI=1S/C20H25FO4S/c1-5-25-20(22)18-17(14-6-8-15(21)9-7-14)16(12-24-11-10-23-4)26-19(18)13(2)3/h6-9,13H,5,10-12H2,1-4H3. The summed E-state index contributed by atoms with van der Waals surface area (Å²) in [7, 11) is 1.62. The van der Waals surface area contributed by atoms with Gasteiger partial charge in [0.15, 0.2) is 0 Å². The maximum Gasteiger partial charge on any atom is 0.339 e. The molecule has 0 radical (unpaired) electrons. The summed E-state index contributed by atoms with van der Waals surface area (Å²) in [5.74, 6) is -0.509. The highest BCUT2D eigenvalue weighted by Gasteiger charge is 2.27. The van der Waals surface area contributed by atoms with Crippen molar-refractivity contribution in [2.75, 3.05) is 26.9 Å². The molecular formula is C20H25FO4S. The highest BCUT2D eigenvalue weighted by Crippen LogP contribution is 2.41. The van der Waals surface area contributed by atoms with Crippen molar-refractivity contribution in [2.24, 2.45) is 0 Å². The Hall–Kier alpha value is -1.76. The smallest absolute Gasteiger partial charge is 0.339 e. The Morgan fingerprint density at radius 1 is 1.19 bits per heavy atom. The molecular weight excluding hydrogens is 355 g/mol. The van der Waals surface area contributed by atoms with Crippen molar-refractivity contribution in [3.05, 3.63) is 45.4 Å². The van der Waals surface area contributed by atoms with Gasteiger partial charge in [-0.25, -0.2) is 9.18 Å². The topological polar surface area (TPSA) is 44.8 Å². The number of hydrogen-bond acceptors (Lipinski definition) is 5. The van der Waals surface area contributed by atoms with Crippen LogP contribution >= 0.6 is 11.3 Å². The summed E-state index contributed by atoms with van der Waals surface area (Å²) in [5, 5.41) is 0. The van der Waals surface area contributed by atoms with Crippen LogP contribution < -0.4 is 0 Å². The Morgan fingerprint density at radius 2 is 1.88 bits per heavy atom. The van der Waals surface area contributed by atoms with Gasteiger partial charge in [0.1, 0.15) is 5.82 Å². The minimum absolute atomic E-state index is 0.159. The van der Waals surface area contributed by atoms with Crippen molar-refractivity contribution in [3.63, 3.8) is 0 Å². The van der Waals surface area contributed by atoms with Crippen LogP contribution in [-0.4, -0.2) is 32.9 Å². The monoisotopic (exact) mass is 380 g/mol. The first kappa shape index (κ1) is 20.6. The van der Waals surface area contributed by atoms with Crippen LogP contribution in [0, 0.1) is 5.82 Å². The van der Waals surface area contributed by atoms with E-state index in [1.165, 1.54) is 12.1 Å². The van der Waals surface area contributed by atoms with E-state index in [9.17, 15) is 9.18 Å². The van der Waals surface area contributed by atoms with Gasteiger partial charge in [0.25, 0.3) is 0 Å². The normalized spacial score (nSPS) is 11.2. The molecule has 1 aromatic carbocycles. The summed E-state index contributed by atoms with van der Waals surface area (Å²) < 4.78 is 29.4. The fourth-order valence-corrected chi connectivity index (χ4v) is 3.89. The van der Waals surface area contributed by atoms with E-state index in [0.29, 0.717) is 32.0 Å². The molecule has 0 atom stereocenters. The summed E-state index contributed by atoms with van der Waals surface area (Å²) >= 11 is 1.55. The van der Waals surface area contributed by atoms with Crippen molar-refractivity contribution in [2.45, 2.75) is 33.3 Å². The SMILES string of the molecule is CCOC(=O)c1c(C(C)C)sc(COCCOC)c1-c1ccc(F)cc1. The highest BCUT2D eigenvalue weighted by atomic mass is 32.1. The number of halogens is 1. The Balaban J connectivity index is 2.53. The predicted octanol–water partition coefficient (Wildman–Crippen LogP) is 5.02. The quantitative estimate of drug-likeness (QED) is 0.453. The molecule has 142 valence electrons. The minimum Gasteiger partial charge on any atom is -0.462 e. The van der Waals surface area contributed by atoms with Crippen LogP contribution in [0.4, 0.5) is 4.39 Å². The van der Waals surface area contributed by atoms with Crippen molar-refractivity contribution in [1.29, 1.82) is 0 Å². The Morgan fingerprint density at radius 3 is 2.46 bits per heavy atom. The average molecular weight is 380 g/mol. The minimum atomic E-state index is -0.352. The molecule has 0 bridgehead atoms. The lowest BCUT2D eigenvalue weighted by molar-refractivity contribution is 0.0525. The summed E-state index contributed by atoms with van der Waals surface area (Å²) in [6.07, 6.45) is 0. The number of rotatable bonds is 9. The first-order valence-corrected chi connectivity index (χ1v) is 9.46. The number of carbonyl (C=O) groups excluding carboxylic acids is 1. The number of thiophene rings is 1. The molecule has 1 aromatic heterocycles. The van der Waals surface area contributed by atoms with Crippen molar-refractivity contribution >= 4 is 17.3 Å². The molecule has 2 aromatic rings. The maximum absolute atomic E-state index is 13.4. The molecule has 0 N–H and O–H groups in total. The molecule has 0 aliphatic rings. The molecule has 0 aliphatic carbocycles. The van der Waals surface area contributed by atoms with Gasteiger partial charge in [-0.3, -0.25) is 0 Å². The zero-order valence-corrected chi connectivity index (χ0v) is 16.5. The van der Waals surface area contributed by atoms with Crippen LogP contribution in [0.3, 0.4) is 0 Å². The second-order valence-electron chi connectivity index (χ2n) is 6.07. The first-order chi connectivity index (χ1) is 12.5. The summed E-state index contributed by atoms with van der Waals surface area (Å²) in [5.41, 5.74) is 2.11. The first-order valence-electron chi connectivity index (χ1n) is 8.64. The maximum atomic E-state index is 13.4. The Kier molecular flexibility index (Phi) is 7.75. The van der Waals surface area contributed by atoms with Crippen molar-refractivity contribution in [1.82, 2.24) is 0 Å². The molecule has 4 nitrogen and oxygen atoms in total. The van der Waals surface area contributed by atoms with E-state index in [2.05, 4.69) is 0 Å². The van der Waals surface area contributed by atoms with Gasteiger partial charge in [0.05, 0.1) is 32.0 Å². The summed E-state index contributed by atoms with van der Waals surface area (Å²) in [6, 6.07) is 6.16. The van der Waals surface area contributed by atoms with Crippen LogP contribution in [-0.2, 0) is 20.8 Å². The van der Waals surface area contributed by atoms with E-state index in [1.807, 2.05) is 13.8 Å². The zero-order valence-electron chi connectivity index (χ0n) is 15.6. The van der Waals surface area contributed by atoms with Crippen molar-refractivity contribution in [3.8, 4) is 11.1 Å². The van der Waals surface area contributed by atoms with E-state index in [1.54, 1.807) is 37.5 Å². The van der Waals surface area contributed by atoms with E-state index in [0.717, 1.165) is 20.9 Å². The van der Waals surface area contributed by atoms with Gasteiger partial charge in [-0.15, -0.1) is 11.3 Å². The van der Waals surface area contributed by atoms with E-state index in [4.69, 9.17) is 14.2 Å². The number of esters is 1. The number of methoxy groups -OCH3 is 1. The van der Waals surface area contributed by atoms with Gasteiger partial charge in [0.2, 0.25) is 0 Å². The lowest BCUT2D eigenvalue weighted by Crippen LogP contribution is -2.09.